The topological polar surface area (TPSA) is 112 Å². The number of nitriles is 1. The molecule has 4 rings (SSSR count). The van der Waals surface area contributed by atoms with Crippen molar-refractivity contribution in [1.29, 1.82) is 5.26 Å². The van der Waals surface area contributed by atoms with Crippen LogP contribution in [-0.2, 0) is 16.1 Å². The Morgan fingerprint density at radius 2 is 1.94 bits per heavy atom. The van der Waals surface area contributed by atoms with Crippen molar-refractivity contribution in [3.63, 3.8) is 0 Å². The maximum absolute atomic E-state index is 13.6. The number of carbonyl (C=O) groups is 2. The number of nitrogens with zero attached hydrogens (tertiary/aromatic N) is 3. The number of nitrogens with two attached hydrogens (primary N) is 1. The fourth-order valence-electron chi connectivity index (χ4n) is 5.63. The first kappa shape index (κ1) is 23.5. The molecule has 178 valence electrons. The van der Waals surface area contributed by atoms with Gasteiger partial charge in [-0.25, -0.2) is 4.79 Å². The first-order valence-corrected chi connectivity index (χ1v) is 12.1. The Morgan fingerprint density at radius 3 is 2.61 bits per heavy atom. The van der Waals surface area contributed by atoms with Gasteiger partial charge in [-0.3, -0.25) is 9.69 Å². The van der Waals surface area contributed by atoms with Crippen LogP contribution >= 0.6 is 0 Å². The van der Waals surface area contributed by atoms with Gasteiger partial charge in [0, 0.05) is 26.2 Å². The van der Waals surface area contributed by atoms with Crippen LogP contribution in [-0.4, -0.2) is 66.2 Å². The third-order valence-corrected chi connectivity index (χ3v) is 7.37. The first-order chi connectivity index (χ1) is 16.0. The number of ether oxygens (including phenoxy) is 1. The van der Waals surface area contributed by atoms with Crippen molar-refractivity contribution >= 4 is 11.9 Å². The van der Waals surface area contributed by atoms with Crippen LogP contribution in [0.25, 0.3) is 0 Å². The number of urea groups is 1. The maximum atomic E-state index is 13.6. The van der Waals surface area contributed by atoms with Crippen molar-refractivity contribution in [1.82, 2.24) is 15.1 Å². The average Bonchev–Trinajstić information content (AvgIpc) is 2.82. The summed E-state index contributed by atoms with van der Waals surface area (Å²) in [5.74, 6) is -0.155. The summed E-state index contributed by atoms with van der Waals surface area (Å²) in [5, 5.41) is 13.0. The van der Waals surface area contributed by atoms with E-state index in [9.17, 15) is 14.9 Å². The fraction of sp³-hybridized carbons (Fsp3) is 0.640. The van der Waals surface area contributed by atoms with Crippen molar-refractivity contribution < 1.29 is 14.3 Å². The van der Waals surface area contributed by atoms with Gasteiger partial charge < -0.3 is 20.7 Å². The van der Waals surface area contributed by atoms with Gasteiger partial charge in [-0.2, -0.15) is 5.26 Å². The van der Waals surface area contributed by atoms with Gasteiger partial charge in [-0.05, 0) is 17.9 Å². The zero-order valence-corrected chi connectivity index (χ0v) is 19.2. The molecule has 1 aromatic carbocycles. The van der Waals surface area contributed by atoms with E-state index in [0.717, 1.165) is 19.4 Å². The summed E-state index contributed by atoms with van der Waals surface area (Å²) < 4.78 is 5.66. The van der Waals surface area contributed by atoms with Crippen molar-refractivity contribution in [2.45, 2.75) is 56.7 Å². The third-order valence-electron chi connectivity index (χ3n) is 7.37. The van der Waals surface area contributed by atoms with Crippen LogP contribution in [0.15, 0.2) is 30.3 Å². The highest BCUT2D eigenvalue weighted by Crippen LogP contribution is 2.33. The zero-order chi connectivity index (χ0) is 23.3. The Bertz CT molecular complexity index is 859. The van der Waals surface area contributed by atoms with Crippen LogP contribution < -0.4 is 11.1 Å². The van der Waals surface area contributed by atoms with E-state index in [1.807, 2.05) is 18.2 Å². The number of hydrogen-bond acceptors (Lipinski definition) is 5. The SMILES string of the molecule is N#CC1(NC(=O)C(CC2CCCCC2)C2COCCN2C(N)=O)CN(Cc2ccccc2)C1. The highest BCUT2D eigenvalue weighted by Gasteiger charge is 2.47. The molecule has 3 aliphatic rings. The van der Waals surface area contributed by atoms with Crippen LogP contribution in [0.1, 0.15) is 44.1 Å². The van der Waals surface area contributed by atoms with Gasteiger partial charge in [0.1, 0.15) is 0 Å². The van der Waals surface area contributed by atoms with Gasteiger partial charge in [0.2, 0.25) is 5.91 Å². The molecule has 0 aromatic heterocycles. The van der Waals surface area contributed by atoms with Crippen molar-refractivity contribution in [2.75, 3.05) is 32.8 Å². The second kappa shape index (κ2) is 10.5. The number of morpholine rings is 1. The summed E-state index contributed by atoms with van der Waals surface area (Å²) in [7, 11) is 0. The molecule has 33 heavy (non-hydrogen) atoms. The number of hydrogen-bond donors (Lipinski definition) is 2. The van der Waals surface area contributed by atoms with E-state index in [1.54, 1.807) is 4.90 Å². The number of carbonyl (C=O) groups excluding carboxylic acids is 2. The zero-order valence-electron chi connectivity index (χ0n) is 19.2. The molecule has 3 amide bonds. The van der Waals surface area contributed by atoms with Gasteiger partial charge >= 0.3 is 6.03 Å². The molecular weight excluding hydrogens is 418 g/mol. The van der Waals surface area contributed by atoms with Crippen LogP contribution in [0, 0.1) is 23.2 Å². The molecule has 8 nitrogen and oxygen atoms in total. The molecule has 1 saturated carbocycles. The fourth-order valence-corrected chi connectivity index (χ4v) is 5.63. The number of benzene rings is 1. The third kappa shape index (κ3) is 5.66. The Labute approximate surface area is 196 Å². The standard InChI is InChI=1S/C25H35N5O3/c26-16-25(17-29(18-25)14-20-9-5-2-6-10-20)28-23(31)21(13-19-7-3-1-4-8-19)22-15-33-12-11-30(22)24(27)32/h2,5-6,9-10,19,21-22H,1,3-4,7-8,11-15,17-18H2,(H2,27,32)(H,28,31). The van der Waals surface area contributed by atoms with Crippen LogP contribution in [0.4, 0.5) is 4.79 Å². The van der Waals surface area contributed by atoms with E-state index in [0.29, 0.717) is 45.2 Å². The molecule has 8 heteroatoms. The normalized spacial score (nSPS) is 24.3. The second-order valence-corrected chi connectivity index (χ2v) is 9.83. The molecule has 1 aliphatic carbocycles. The highest BCUT2D eigenvalue weighted by molar-refractivity contribution is 5.82. The number of likely N-dealkylation sites (tertiary alicyclic amines) is 1. The minimum absolute atomic E-state index is 0.164. The molecule has 2 aliphatic heterocycles. The summed E-state index contributed by atoms with van der Waals surface area (Å²) in [6.07, 6.45) is 6.48. The monoisotopic (exact) mass is 453 g/mol. The molecule has 0 bridgehead atoms. The maximum Gasteiger partial charge on any atom is 0.315 e. The lowest BCUT2D eigenvalue weighted by molar-refractivity contribution is -0.133. The van der Waals surface area contributed by atoms with Crippen molar-refractivity contribution in [3.05, 3.63) is 35.9 Å². The van der Waals surface area contributed by atoms with E-state index in [4.69, 9.17) is 10.5 Å². The summed E-state index contributed by atoms with van der Waals surface area (Å²) in [4.78, 5) is 29.5. The van der Waals surface area contributed by atoms with Crippen molar-refractivity contribution in [3.8, 4) is 6.07 Å². The van der Waals surface area contributed by atoms with E-state index >= 15 is 0 Å². The predicted molar refractivity (Wildman–Crippen MR) is 124 cm³/mol. The number of amides is 3. The van der Waals surface area contributed by atoms with Crippen LogP contribution in [0.2, 0.25) is 0 Å². The minimum Gasteiger partial charge on any atom is -0.377 e. The lowest BCUT2D eigenvalue weighted by Crippen LogP contribution is -2.70. The van der Waals surface area contributed by atoms with E-state index in [-0.39, 0.29) is 5.91 Å². The molecule has 2 atom stereocenters. The molecule has 2 saturated heterocycles. The predicted octanol–water partition coefficient (Wildman–Crippen LogP) is 2.25. The Hall–Kier alpha value is -2.63. The Balaban J connectivity index is 1.44. The van der Waals surface area contributed by atoms with E-state index < -0.39 is 23.5 Å². The summed E-state index contributed by atoms with van der Waals surface area (Å²) >= 11 is 0. The van der Waals surface area contributed by atoms with Gasteiger partial charge in [0.05, 0.1) is 31.2 Å². The molecule has 3 N–H and O–H groups in total. The number of nitrogens with one attached hydrogen (secondary N) is 1. The number of primary amides is 1. The smallest absolute Gasteiger partial charge is 0.315 e. The molecule has 3 fully saturated rings. The van der Waals surface area contributed by atoms with Gasteiger partial charge in [-0.15, -0.1) is 0 Å². The second-order valence-electron chi connectivity index (χ2n) is 9.83. The Morgan fingerprint density at radius 1 is 1.21 bits per heavy atom. The number of rotatable bonds is 7. The lowest BCUT2D eigenvalue weighted by atomic mass is 9.79. The first-order valence-electron chi connectivity index (χ1n) is 12.1. The minimum atomic E-state index is -0.899. The molecule has 0 spiro atoms. The van der Waals surface area contributed by atoms with Crippen molar-refractivity contribution in [2.24, 2.45) is 17.6 Å². The molecule has 2 heterocycles. The molecule has 2 unspecified atom stereocenters. The molecular formula is C25H35N5O3. The summed E-state index contributed by atoms with van der Waals surface area (Å²) in [6.45, 7) is 2.84. The van der Waals surface area contributed by atoms with Crippen LogP contribution in [0.3, 0.4) is 0 Å². The summed E-state index contributed by atoms with van der Waals surface area (Å²) in [5.41, 5.74) is 5.94. The lowest BCUT2D eigenvalue weighted by Gasteiger charge is -2.47. The largest absolute Gasteiger partial charge is 0.377 e. The van der Waals surface area contributed by atoms with E-state index in [2.05, 4.69) is 28.4 Å². The van der Waals surface area contributed by atoms with Gasteiger partial charge in [0.25, 0.3) is 0 Å². The highest BCUT2D eigenvalue weighted by atomic mass is 16.5. The quantitative estimate of drug-likeness (QED) is 0.658. The van der Waals surface area contributed by atoms with Gasteiger partial charge in [0.15, 0.2) is 5.54 Å². The van der Waals surface area contributed by atoms with Gasteiger partial charge in [-0.1, -0.05) is 62.4 Å². The molecule has 0 radical (unpaired) electrons. The Kier molecular flexibility index (Phi) is 7.51. The van der Waals surface area contributed by atoms with E-state index in [1.165, 1.54) is 24.8 Å². The molecule has 1 aromatic rings. The van der Waals surface area contributed by atoms with Crippen LogP contribution in [0.5, 0.6) is 0 Å². The average molecular weight is 454 g/mol. The summed E-state index contributed by atoms with van der Waals surface area (Å²) in [6, 6.07) is 11.5.